The molecule has 1 aliphatic heterocycles. The van der Waals surface area contributed by atoms with Crippen molar-refractivity contribution < 1.29 is 19.8 Å². The lowest BCUT2D eigenvalue weighted by atomic mass is 9.74. The summed E-state index contributed by atoms with van der Waals surface area (Å²) in [6.45, 7) is 0.875. The first kappa shape index (κ1) is 30.6. The number of benzene rings is 2. The second-order valence-corrected chi connectivity index (χ2v) is 13.0. The van der Waals surface area contributed by atoms with E-state index in [-0.39, 0.29) is 53.7 Å². The monoisotopic (exact) mass is 634 g/mol. The highest BCUT2D eigenvalue weighted by Gasteiger charge is 2.39. The number of rotatable bonds is 7. The second-order valence-electron chi connectivity index (χ2n) is 13.0. The summed E-state index contributed by atoms with van der Waals surface area (Å²) in [7, 11) is 0. The fourth-order valence-electron chi connectivity index (χ4n) is 7.27. The van der Waals surface area contributed by atoms with E-state index in [0.717, 1.165) is 36.6 Å². The Morgan fingerprint density at radius 1 is 1.02 bits per heavy atom. The Morgan fingerprint density at radius 2 is 1.81 bits per heavy atom. The number of piperidine rings is 1. The first-order valence-electron chi connectivity index (χ1n) is 16.3. The zero-order chi connectivity index (χ0) is 32.5. The van der Waals surface area contributed by atoms with Crippen molar-refractivity contribution in [3.05, 3.63) is 94.7 Å². The molecule has 5 aromatic rings. The van der Waals surface area contributed by atoms with Gasteiger partial charge >= 0.3 is 0 Å². The average molecular weight is 635 g/mol. The molecule has 11 heteroatoms. The zero-order valence-corrected chi connectivity index (χ0v) is 26.1. The molecule has 1 saturated heterocycles. The number of pyridine rings is 1. The third-order valence-corrected chi connectivity index (χ3v) is 9.82. The summed E-state index contributed by atoms with van der Waals surface area (Å²) in [4.78, 5) is 53.9. The molecule has 2 aliphatic rings. The van der Waals surface area contributed by atoms with Gasteiger partial charge < -0.3 is 25.4 Å². The van der Waals surface area contributed by atoms with Crippen molar-refractivity contribution in [1.82, 2.24) is 24.4 Å². The molecule has 2 atom stereocenters. The summed E-state index contributed by atoms with van der Waals surface area (Å²) in [6, 6.07) is 18.4. The van der Waals surface area contributed by atoms with Crippen molar-refractivity contribution >= 4 is 39.6 Å². The Bertz CT molecular complexity index is 2000. The molecule has 7 rings (SSSR count). The number of aliphatic hydroxyl groups is 1. The van der Waals surface area contributed by atoms with E-state index in [1.54, 1.807) is 36.5 Å². The Balaban J connectivity index is 1.01. The molecule has 2 amide bonds. The number of phenols is 1. The highest BCUT2D eigenvalue weighted by Crippen LogP contribution is 2.39. The number of H-pyrrole nitrogens is 1. The maximum atomic E-state index is 13.7. The molecular formula is C36H38N6O5. The molecule has 242 valence electrons. The van der Waals surface area contributed by atoms with Gasteiger partial charge in [-0.3, -0.25) is 19.0 Å². The molecule has 3 aromatic heterocycles. The van der Waals surface area contributed by atoms with E-state index in [9.17, 15) is 24.6 Å². The van der Waals surface area contributed by atoms with Gasteiger partial charge in [-0.25, -0.2) is 9.97 Å². The highest BCUT2D eigenvalue weighted by molar-refractivity contribution is 5.96. The first-order chi connectivity index (χ1) is 22.8. The minimum absolute atomic E-state index is 0.0263. The van der Waals surface area contributed by atoms with Gasteiger partial charge in [0.25, 0.3) is 5.56 Å². The number of aromatic nitrogens is 4. The molecule has 47 heavy (non-hydrogen) atoms. The van der Waals surface area contributed by atoms with Crippen LogP contribution in [0.25, 0.3) is 21.9 Å². The molecule has 0 bridgehead atoms. The second kappa shape index (κ2) is 12.6. The van der Waals surface area contributed by atoms with E-state index in [1.165, 1.54) is 16.5 Å². The van der Waals surface area contributed by atoms with Gasteiger partial charge in [-0.2, -0.15) is 0 Å². The number of nitrogens with one attached hydrogen (secondary N) is 2. The molecule has 0 spiro atoms. The first-order valence-corrected chi connectivity index (χ1v) is 16.3. The molecule has 2 fully saturated rings. The zero-order valence-electron chi connectivity index (χ0n) is 26.1. The summed E-state index contributed by atoms with van der Waals surface area (Å²) in [6.07, 6.45) is 7.93. The molecule has 4 N–H and O–H groups in total. The lowest BCUT2D eigenvalue weighted by Crippen LogP contribution is -2.51. The highest BCUT2D eigenvalue weighted by atomic mass is 16.3. The van der Waals surface area contributed by atoms with Crippen molar-refractivity contribution in [2.24, 2.45) is 5.92 Å². The number of likely N-dealkylation sites (tertiary alicyclic amines) is 1. The molecule has 4 heterocycles. The quantitative estimate of drug-likeness (QED) is 0.206. The van der Waals surface area contributed by atoms with Crippen molar-refractivity contribution in [2.75, 3.05) is 18.4 Å². The SMILES string of the molecule is O=C(Cc1c[nH]c2ccc(O)cc12)Nc1ccc2ncn(CC3(O)CCN(C(=O)[C@@H]4CCCC[C@H]4c4ccccc4)CC3)c(=O)c2n1. The maximum Gasteiger partial charge on any atom is 0.280 e. The van der Waals surface area contributed by atoms with Gasteiger partial charge in [0.05, 0.1) is 30.4 Å². The van der Waals surface area contributed by atoms with Crippen molar-refractivity contribution in [1.29, 1.82) is 0 Å². The number of hydrogen-bond donors (Lipinski definition) is 4. The van der Waals surface area contributed by atoms with E-state index in [4.69, 9.17) is 0 Å². The number of anilines is 1. The van der Waals surface area contributed by atoms with E-state index in [2.05, 4.69) is 32.4 Å². The summed E-state index contributed by atoms with van der Waals surface area (Å²) < 4.78 is 1.36. The summed E-state index contributed by atoms with van der Waals surface area (Å²) in [5.74, 6) is 0.311. The van der Waals surface area contributed by atoms with E-state index >= 15 is 0 Å². The number of aromatic hydroxyl groups is 1. The Hall–Kier alpha value is -5.03. The Labute approximate surface area is 271 Å². The van der Waals surface area contributed by atoms with Crippen LogP contribution < -0.4 is 10.9 Å². The van der Waals surface area contributed by atoms with E-state index in [0.29, 0.717) is 37.0 Å². The van der Waals surface area contributed by atoms with Crippen LogP contribution in [0, 0.1) is 5.92 Å². The Kier molecular flexibility index (Phi) is 8.23. The number of carbonyl (C=O) groups is 2. The molecule has 2 aromatic carbocycles. The number of aromatic amines is 1. The third-order valence-electron chi connectivity index (χ3n) is 9.82. The molecule has 11 nitrogen and oxygen atoms in total. The van der Waals surface area contributed by atoms with Gasteiger partial charge in [0, 0.05) is 36.1 Å². The molecule has 1 saturated carbocycles. The van der Waals surface area contributed by atoms with Crippen LogP contribution in [0.15, 0.2) is 78.0 Å². The molecule has 0 unspecified atom stereocenters. The minimum Gasteiger partial charge on any atom is -0.508 e. The van der Waals surface area contributed by atoms with Gasteiger partial charge in [-0.15, -0.1) is 0 Å². The van der Waals surface area contributed by atoms with Gasteiger partial charge in [-0.05, 0) is 73.1 Å². The summed E-state index contributed by atoms with van der Waals surface area (Å²) in [5, 5.41) is 24.9. The molecular weight excluding hydrogens is 596 g/mol. The van der Waals surface area contributed by atoms with Crippen LogP contribution in [0.3, 0.4) is 0 Å². The fourth-order valence-corrected chi connectivity index (χ4v) is 7.27. The Morgan fingerprint density at radius 3 is 2.62 bits per heavy atom. The largest absolute Gasteiger partial charge is 0.508 e. The van der Waals surface area contributed by atoms with Gasteiger partial charge in [0.2, 0.25) is 11.8 Å². The maximum absolute atomic E-state index is 13.7. The smallest absolute Gasteiger partial charge is 0.280 e. The standard InChI is InChI=1S/C36H38N6O5/c43-25-10-11-29-28(19-25)24(20-37-29)18-32(44)39-31-13-12-30-33(40-31)35(46)42(22-38-30)21-36(47)14-16-41(17-15-36)34(45)27-9-5-4-8-26(27)23-6-2-1-3-7-23/h1-3,6-7,10-13,19-20,22,26-27,37,43,47H,4-5,8-9,14-18,21H2,(H,39,40,44)/t26-,27+/m0/s1. The van der Waals surface area contributed by atoms with Crippen LogP contribution >= 0.6 is 0 Å². The predicted molar refractivity (Wildman–Crippen MR) is 178 cm³/mol. The summed E-state index contributed by atoms with van der Waals surface area (Å²) in [5.41, 5.74) is 1.61. The van der Waals surface area contributed by atoms with Crippen LogP contribution in [-0.2, 0) is 22.6 Å². The van der Waals surface area contributed by atoms with Gasteiger partial charge in [0.1, 0.15) is 11.6 Å². The van der Waals surface area contributed by atoms with Crippen LogP contribution in [0.5, 0.6) is 5.75 Å². The fraction of sp³-hybridized carbons (Fsp3) is 0.361. The van der Waals surface area contributed by atoms with Crippen LogP contribution in [0.4, 0.5) is 5.82 Å². The average Bonchev–Trinajstić information content (AvgIpc) is 3.47. The number of phenolic OH excluding ortho intramolecular Hbond substituents is 1. The lowest BCUT2D eigenvalue weighted by molar-refractivity contribution is -0.142. The van der Waals surface area contributed by atoms with Crippen molar-refractivity contribution in [3.8, 4) is 5.75 Å². The van der Waals surface area contributed by atoms with E-state index in [1.807, 2.05) is 23.1 Å². The molecule has 1 aliphatic carbocycles. The van der Waals surface area contributed by atoms with Crippen LogP contribution in [-0.4, -0.2) is 65.1 Å². The van der Waals surface area contributed by atoms with Crippen LogP contribution in [0.1, 0.15) is 55.6 Å². The van der Waals surface area contributed by atoms with Gasteiger partial charge in [0.15, 0.2) is 5.52 Å². The van der Waals surface area contributed by atoms with Crippen molar-refractivity contribution in [2.45, 2.75) is 63.0 Å². The summed E-state index contributed by atoms with van der Waals surface area (Å²) >= 11 is 0. The minimum atomic E-state index is -1.18. The van der Waals surface area contributed by atoms with Gasteiger partial charge in [-0.1, -0.05) is 43.2 Å². The molecule has 0 radical (unpaired) electrons. The topological polar surface area (TPSA) is 153 Å². The number of nitrogens with zero attached hydrogens (tertiary/aromatic N) is 4. The van der Waals surface area contributed by atoms with Crippen molar-refractivity contribution in [3.63, 3.8) is 0 Å². The number of carbonyl (C=O) groups excluding carboxylic acids is 2. The number of amides is 2. The predicted octanol–water partition coefficient (Wildman–Crippen LogP) is 4.49. The normalized spacial score (nSPS) is 19.6. The third kappa shape index (κ3) is 6.35. The number of hydrogen-bond acceptors (Lipinski definition) is 7. The van der Waals surface area contributed by atoms with Crippen LogP contribution in [0.2, 0.25) is 0 Å². The van der Waals surface area contributed by atoms with E-state index < -0.39 is 11.2 Å². The lowest BCUT2D eigenvalue weighted by Gasteiger charge is -2.41. The number of fused-ring (bicyclic) bond motifs is 2.